The number of halogens is 2. The van der Waals surface area contributed by atoms with Gasteiger partial charge in [-0.3, -0.25) is 4.90 Å². The molecule has 3 rings (SSSR count). The Balaban J connectivity index is 0.00000120. The van der Waals surface area contributed by atoms with Crippen LogP contribution in [0.3, 0.4) is 0 Å². The molecule has 18 heavy (non-hydrogen) atoms. The van der Waals surface area contributed by atoms with E-state index >= 15 is 0 Å². The average Bonchev–Trinajstić information content (AvgIpc) is 2.86. The van der Waals surface area contributed by atoms with Crippen LogP contribution in [0.4, 0.5) is 0 Å². The molecule has 1 aromatic heterocycles. The van der Waals surface area contributed by atoms with Gasteiger partial charge in [0, 0.05) is 29.5 Å². The molecule has 0 amide bonds. The number of fused-ring (bicyclic) bond motifs is 2. The van der Waals surface area contributed by atoms with Gasteiger partial charge >= 0.3 is 0 Å². The molecule has 1 N–H and O–H groups in total. The minimum absolute atomic E-state index is 0. The largest absolute Gasteiger partial charge is 0.311 e. The second-order valence-corrected chi connectivity index (χ2v) is 6.78. The molecule has 0 spiro atoms. The van der Waals surface area contributed by atoms with Crippen LogP contribution < -0.4 is 5.32 Å². The summed E-state index contributed by atoms with van der Waals surface area (Å²) in [6, 6.07) is 4.26. The third-order valence-electron chi connectivity index (χ3n) is 4.16. The zero-order valence-electron chi connectivity index (χ0n) is 10.6. The van der Waals surface area contributed by atoms with Crippen molar-refractivity contribution < 1.29 is 0 Å². The molecule has 2 saturated heterocycles. The first kappa shape index (κ1) is 14.6. The number of nitrogens with zero attached hydrogens (tertiary/aromatic N) is 1. The number of nitrogens with one attached hydrogen (secondary N) is 1. The van der Waals surface area contributed by atoms with Crippen LogP contribution in [-0.2, 0) is 6.54 Å². The van der Waals surface area contributed by atoms with Gasteiger partial charge in [-0.25, -0.2) is 0 Å². The van der Waals surface area contributed by atoms with Crippen molar-refractivity contribution in [2.45, 2.75) is 50.4 Å². The summed E-state index contributed by atoms with van der Waals surface area (Å²) in [7, 11) is 2.24. The van der Waals surface area contributed by atoms with Crippen molar-refractivity contribution in [3.05, 3.63) is 21.3 Å². The van der Waals surface area contributed by atoms with E-state index in [1.165, 1.54) is 30.6 Å². The van der Waals surface area contributed by atoms with Gasteiger partial charge in [-0.05, 0) is 44.2 Å². The standard InChI is InChI=1S/C13H19ClN2S.ClH/c1-16(8-13-12(14)4-5-17-13)11-6-9-2-3-10(7-11)15-9;/h4-5,9-11,15H,2-3,6-8H2,1H3;1H. The molecular weight excluding hydrogens is 287 g/mol. The second kappa shape index (κ2) is 6.10. The summed E-state index contributed by atoms with van der Waals surface area (Å²) >= 11 is 7.93. The zero-order valence-corrected chi connectivity index (χ0v) is 13.0. The predicted molar refractivity (Wildman–Crippen MR) is 81.0 cm³/mol. The molecule has 2 unspecified atom stereocenters. The minimum atomic E-state index is 0. The number of hydrogen-bond donors (Lipinski definition) is 1. The maximum Gasteiger partial charge on any atom is 0.0558 e. The summed E-state index contributed by atoms with van der Waals surface area (Å²) in [5.74, 6) is 0. The van der Waals surface area contributed by atoms with Crippen LogP contribution in [-0.4, -0.2) is 30.1 Å². The van der Waals surface area contributed by atoms with Crippen LogP contribution in [0.25, 0.3) is 0 Å². The first-order valence-corrected chi connectivity index (χ1v) is 7.66. The third-order valence-corrected chi connectivity index (χ3v) is 5.53. The molecule has 2 fully saturated rings. The van der Waals surface area contributed by atoms with Crippen molar-refractivity contribution in [2.24, 2.45) is 0 Å². The fraction of sp³-hybridized carbons (Fsp3) is 0.692. The molecule has 2 aliphatic rings. The molecule has 0 aliphatic carbocycles. The van der Waals surface area contributed by atoms with Gasteiger partial charge < -0.3 is 5.32 Å². The van der Waals surface area contributed by atoms with Gasteiger partial charge in [-0.1, -0.05) is 11.6 Å². The van der Waals surface area contributed by atoms with E-state index in [-0.39, 0.29) is 12.4 Å². The van der Waals surface area contributed by atoms with E-state index < -0.39 is 0 Å². The van der Waals surface area contributed by atoms with E-state index in [1.54, 1.807) is 11.3 Å². The number of hydrogen-bond acceptors (Lipinski definition) is 3. The summed E-state index contributed by atoms with van der Waals surface area (Å²) in [6.45, 7) is 1.00. The molecule has 0 saturated carbocycles. The molecule has 3 heterocycles. The van der Waals surface area contributed by atoms with E-state index in [0.717, 1.165) is 29.7 Å². The second-order valence-electron chi connectivity index (χ2n) is 5.37. The average molecular weight is 307 g/mol. The smallest absolute Gasteiger partial charge is 0.0558 e. The molecule has 0 aromatic carbocycles. The fourth-order valence-corrected chi connectivity index (χ4v) is 4.34. The lowest BCUT2D eigenvalue weighted by Gasteiger charge is -2.35. The van der Waals surface area contributed by atoms with E-state index in [1.807, 2.05) is 6.07 Å². The maximum absolute atomic E-state index is 6.16. The van der Waals surface area contributed by atoms with E-state index in [2.05, 4.69) is 22.6 Å². The summed E-state index contributed by atoms with van der Waals surface area (Å²) in [5.41, 5.74) is 0. The quantitative estimate of drug-likeness (QED) is 0.919. The number of piperidine rings is 1. The maximum atomic E-state index is 6.16. The van der Waals surface area contributed by atoms with Crippen LogP contribution in [0, 0.1) is 0 Å². The number of rotatable bonds is 3. The molecule has 2 bridgehead atoms. The molecule has 2 aliphatic heterocycles. The Bertz CT molecular complexity index is 384. The highest BCUT2D eigenvalue weighted by Gasteiger charge is 2.35. The van der Waals surface area contributed by atoms with Gasteiger partial charge in [-0.2, -0.15) is 0 Å². The van der Waals surface area contributed by atoms with Crippen LogP contribution in [0.5, 0.6) is 0 Å². The first-order valence-electron chi connectivity index (χ1n) is 6.40. The highest BCUT2D eigenvalue weighted by atomic mass is 35.5. The summed E-state index contributed by atoms with van der Waals surface area (Å²) < 4.78 is 0. The number of thiophene rings is 1. The lowest BCUT2D eigenvalue weighted by Crippen LogP contribution is -2.46. The Hall–Kier alpha value is 0.200. The minimum Gasteiger partial charge on any atom is -0.311 e. The normalized spacial score (nSPS) is 30.5. The molecule has 1 aromatic rings. The van der Waals surface area contributed by atoms with Gasteiger partial charge in [0.25, 0.3) is 0 Å². The Morgan fingerprint density at radius 2 is 2.06 bits per heavy atom. The van der Waals surface area contributed by atoms with Crippen molar-refractivity contribution in [3.8, 4) is 0 Å². The summed E-state index contributed by atoms with van der Waals surface area (Å²) in [4.78, 5) is 3.80. The van der Waals surface area contributed by atoms with Gasteiger partial charge in [0.2, 0.25) is 0 Å². The third kappa shape index (κ3) is 3.02. The summed E-state index contributed by atoms with van der Waals surface area (Å²) in [6.07, 6.45) is 5.34. The molecule has 5 heteroatoms. The van der Waals surface area contributed by atoms with Crippen molar-refractivity contribution >= 4 is 35.3 Å². The first-order chi connectivity index (χ1) is 8.22. The highest BCUT2D eigenvalue weighted by molar-refractivity contribution is 7.10. The molecule has 0 radical (unpaired) electrons. The van der Waals surface area contributed by atoms with Crippen LogP contribution in [0.2, 0.25) is 5.02 Å². The predicted octanol–water partition coefficient (Wildman–Crippen LogP) is 3.54. The highest BCUT2D eigenvalue weighted by Crippen LogP contribution is 2.31. The molecule has 2 atom stereocenters. The fourth-order valence-electron chi connectivity index (χ4n) is 3.18. The zero-order chi connectivity index (χ0) is 11.8. The Morgan fingerprint density at radius 3 is 2.61 bits per heavy atom. The Labute approximate surface area is 124 Å². The van der Waals surface area contributed by atoms with Crippen molar-refractivity contribution in [2.75, 3.05) is 7.05 Å². The van der Waals surface area contributed by atoms with Crippen molar-refractivity contribution in [1.82, 2.24) is 10.2 Å². The Kier molecular flexibility index (Phi) is 4.95. The van der Waals surface area contributed by atoms with Gasteiger partial charge in [0.05, 0.1) is 5.02 Å². The Morgan fingerprint density at radius 1 is 1.39 bits per heavy atom. The monoisotopic (exact) mass is 306 g/mol. The lowest BCUT2D eigenvalue weighted by molar-refractivity contribution is 0.167. The van der Waals surface area contributed by atoms with Gasteiger partial charge in [-0.15, -0.1) is 23.7 Å². The topological polar surface area (TPSA) is 15.3 Å². The van der Waals surface area contributed by atoms with E-state index in [0.29, 0.717) is 0 Å². The SMILES string of the molecule is CN(Cc1sccc1Cl)C1CC2CCC(C1)N2.Cl. The van der Waals surface area contributed by atoms with Crippen LogP contribution in [0.1, 0.15) is 30.6 Å². The van der Waals surface area contributed by atoms with Crippen LogP contribution in [0.15, 0.2) is 11.4 Å². The molecular formula is C13H20Cl2N2S. The van der Waals surface area contributed by atoms with Crippen molar-refractivity contribution in [3.63, 3.8) is 0 Å². The molecule has 102 valence electrons. The van der Waals surface area contributed by atoms with Crippen molar-refractivity contribution in [1.29, 1.82) is 0 Å². The van der Waals surface area contributed by atoms with Crippen LogP contribution >= 0.6 is 35.3 Å². The molecule has 2 nitrogen and oxygen atoms in total. The lowest BCUT2D eigenvalue weighted by atomic mass is 9.98. The summed E-state index contributed by atoms with van der Waals surface area (Å²) in [5, 5.41) is 6.71. The van der Waals surface area contributed by atoms with Gasteiger partial charge in [0.15, 0.2) is 0 Å². The van der Waals surface area contributed by atoms with Gasteiger partial charge in [0.1, 0.15) is 0 Å². The van der Waals surface area contributed by atoms with E-state index in [4.69, 9.17) is 11.6 Å². The van der Waals surface area contributed by atoms with E-state index in [9.17, 15) is 0 Å².